The topological polar surface area (TPSA) is 110 Å². The number of fused-ring (bicyclic) bond motifs is 1. The highest BCUT2D eigenvalue weighted by molar-refractivity contribution is 5.87. The number of carbonyl (C=O) groups excluding carboxylic acids is 2. The minimum atomic E-state index is -0.851. The van der Waals surface area contributed by atoms with Crippen LogP contribution in [0.2, 0.25) is 0 Å². The van der Waals surface area contributed by atoms with E-state index in [4.69, 9.17) is 10.5 Å². The van der Waals surface area contributed by atoms with Crippen molar-refractivity contribution in [3.63, 3.8) is 0 Å². The summed E-state index contributed by atoms with van der Waals surface area (Å²) in [4.78, 5) is 40.5. The standard InChI is InChI=1S/C21H21N4O4/c22-21(28)25-10-1-4-16(20(25)27)18-13-14-12-15(6-7-17(14)23-18)29-11-3-9-24-8-2-5-19(24)26/h4,6-7,10,12-13,23H,2-3,5,8-9,11H2,(H2,22,28). The van der Waals surface area contributed by atoms with Gasteiger partial charge in [-0.3, -0.25) is 9.59 Å². The van der Waals surface area contributed by atoms with Crippen LogP contribution in [0.3, 0.4) is 0 Å². The van der Waals surface area contributed by atoms with Crippen LogP contribution in [-0.2, 0) is 4.79 Å². The Kier molecular flexibility index (Phi) is 5.07. The Morgan fingerprint density at radius 1 is 1.28 bits per heavy atom. The number of amides is 2. The molecule has 1 fully saturated rings. The lowest BCUT2D eigenvalue weighted by Gasteiger charge is -2.15. The van der Waals surface area contributed by atoms with Gasteiger partial charge in [-0.15, -0.1) is 0 Å². The number of nitrogens with two attached hydrogens (primary N) is 1. The molecule has 3 heterocycles. The fourth-order valence-electron chi connectivity index (χ4n) is 3.53. The molecule has 2 aromatic heterocycles. The average Bonchev–Trinajstić information content (AvgIpc) is 3.30. The number of aromatic nitrogens is 2. The average molecular weight is 393 g/mol. The van der Waals surface area contributed by atoms with Gasteiger partial charge in [0.25, 0.3) is 5.56 Å². The molecule has 149 valence electrons. The van der Waals surface area contributed by atoms with Crippen molar-refractivity contribution in [3.8, 4) is 17.0 Å². The molecule has 1 aromatic carbocycles. The summed E-state index contributed by atoms with van der Waals surface area (Å²) >= 11 is 0. The van der Waals surface area contributed by atoms with Crippen LogP contribution < -0.4 is 16.0 Å². The number of carbonyl (C=O) groups is 2. The first-order valence-corrected chi connectivity index (χ1v) is 9.49. The molecule has 3 N–H and O–H groups in total. The number of ether oxygens (including phenoxy) is 1. The minimum Gasteiger partial charge on any atom is -0.494 e. The number of benzene rings is 1. The van der Waals surface area contributed by atoms with E-state index in [2.05, 4.69) is 11.1 Å². The van der Waals surface area contributed by atoms with Crippen LogP contribution in [0, 0.1) is 6.07 Å². The largest absolute Gasteiger partial charge is 0.494 e. The Balaban J connectivity index is 1.47. The van der Waals surface area contributed by atoms with E-state index in [1.54, 1.807) is 0 Å². The fraction of sp³-hybridized carbons (Fsp3) is 0.286. The van der Waals surface area contributed by atoms with E-state index in [0.29, 0.717) is 36.6 Å². The molecule has 1 radical (unpaired) electrons. The molecule has 0 atom stereocenters. The van der Waals surface area contributed by atoms with Crippen molar-refractivity contribution < 1.29 is 14.3 Å². The van der Waals surface area contributed by atoms with Gasteiger partial charge in [0.1, 0.15) is 5.75 Å². The number of hydrogen-bond donors (Lipinski definition) is 2. The number of hydrogen-bond acceptors (Lipinski definition) is 4. The summed E-state index contributed by atoms with van der Waals surface area (Å²) in [5.41, 5.74) is 6.43. The maximum absolute atomic E-state index is 12.4. The van der Waals surface area contributed by atoms with Crippen LogP contribution in [0.15, 0.2) is 41.3 Å². The van der Waals surface area contributed by atoms with Crippen molar-refractivity contribution in [2.45, 2.75) is 19.3 Å². The highest BCUT2D eigenvalue weighted by Gasteiger charge is 2.19. The number of aromatic amines is 1. The molecule has 0 bridgehead atoms. The van der Waals surface area contributed by atoms with Crippen molar-refractivity contribution in [1.82, 2.24) is 14.5 Å². The summed E-state index contributed by atoms with van der Waals surface area (Å²) in [6.07, 6.45) is 3.58. The van der Waals surface area contributed by atoms with Gasteiger partial charge in [-0.05, 0) is 43.2 Å². The molecular formula is C21H21N4O4. The van der Waals surface area contributed by atoms with Gasteiger partial charge in [0.05, 0.1) is 17.9 Å². The highest BCUT2D eigenvalue weighted by Crippen LogP contribution is 2.25. The van der Waals surface area contributed by atoms with Crippen molar-refractivity contribution in [2.75, 3.05) is 19.7 Å². The zero-order valence-corrected chi connectivity index (χ0v) is 15.8. The Hall–Kier alpha value is -3.55. The Bertz CT molecular complexity index is 1130. The quantitative estimate of drug-likeness (QED) is 0.625. The second-order valence-electron chi connectivity index (χ2n) is 6.99. The lowest BCUT2D eigenvalue weighted by molar-refractivity contribution is -0.127. The second kappa shape index (κ2) is 7.83. The van der Waals surface area contributed by atoms with E-state index >= 15 is 0 Å². The van der Waals surface area contributed by atoms with Gasteiger partial charge in [-0.25, -0.2) is 9.36 Å². The van der Waals surface area contributed by atoms with E-state index in [1.807, 2.05) is 29.2 Å². The molecule has 29 heavy (non-hydrogen) atoms. The number of nitrogens with one attached hydrogen (secondary N) is 1. The van der Waals surface area contributed by atoms with Gasteiger partial charge in [-0.2, -0.15) is 0 Å². The number of primary amides is 1. The van der Waals surface area contributed by atoms with Crippen LogP contribution in [0.5, 0.6) is 5.75 Å². The summed E-state index contributed by atoms with van der Waals surface area (Å²) in [7, 11) is 0. The van der Waals surface area contributed by atoms with Gasteiger partial charge in [-0.1, -0.05) is 0 Å². The smallest absolute Gasteiger partial charge is 0.325 e. The first kappa shape index (κ1) is 18.8. The first-order chi connectivity index (χ1) is 14.0. The molecule has 2 amide bonds. The lowest BCUT2D eigenvalue weighted by Crippen LogP contribution is -2.31. The summed E-state index contributed by atoms with van der Waals surface area (Å²) in [6.45, 7) is 2.07. The van der Waals surface area contributed by atoms with Crippen molar-refractivity contribution >= 4 is 22.8 Å². The molecule has 1 aliphatic rings. The number of likely N-dealkylation sites (tertiary alicyclic amines) is 1. The highest BCUT2D eigenvalue weighted by atomic mass is 16.5. The number of nitrogens with zero attached hydrogens (tertiary/aromatic N) is 2. The molecule has 8 heteroatoms. The summed E-state index contributed by atoms with van der Waals surface area (Å²) in [5, 5.41) is 0.876. The SMILES string of the molecule is NC(=O)n1c[c]cc(-c2cc3cc(OCCCN4CCCC4=O)ccc3[nH]2)c1=O. The summed E-state index contributed by atoms with van der Waals surface area (Å²) < 4.78 is 6.63. The normalized spacial score (nSPS) is 13.9. The maximum Gasteiger partial charge on any atom is 0.325 e. The third-order valence-electron chi connectivity index (χ3n) is 5.01. The zero-order valence-electron chi connectivity index (χ0n) is 15.8. The van der Waals surface area contributed by atoms with Crippen LogP contribution >= 0.6 is 0 Å². The van der Waals surface area contributed by atoms with Crippen LogP contribution in [0.25, 0.3) is 22.2 Å². The van der Waals surface area contributed by atoms with Crippen molar-refractivity contribution in [2.24, 2.45) is 5.73 Å². The monoisotopic (exact) mass is 393 g/mol. The Morgan fingerprint density at radius 3 is 2.90 bits per heavy atom. The zero-order chi connectivity index (χ0) is 20.4. The molecule has 0 saturated carbocycles. The second-order valence-corrected chi connectivity index (χ2v) is 6.99. The Labute approximate surface area is 166 Å². The van der Waals surface area contributed by atoms with Crippen LogP contribution in [0.4, 0.5) is 4.79 Å². The number of H-pyrrole nitrogens is 1. The third-order valence-corrected chi connectivity index (χ3v) is 5.01. The van der Waals surface area contributed by atoms with Crippen molar-refractivity contribution in [1.29, 1.82) is 0 Å². The van der Waals surface area contributed by atoms with Gasteiger partial charge in [0.2, 0.25) is 5.91 Å². The van der Waals surface area contributed by atoms with Gasteiger partial charge >= 0.3 is 6.03 Å². The van der Waals surface area contributed by atoms with Crippen LogP contribution in [0.1, 0.15) is 19.3 Å². The Morgan fingerprint density at radius 2 is 2.14 bits per heavy atom. The van der Waals surface area contributed by atoms with E-state index in [1.165, 1.54) is 12.3 Å². The molecule has 1 aliphatic heterocycles. The van der Waals surface area contributed by atoms with E-state index in [0.717, 1.165) is 34.9 Å². The predicted molar refractivity (Wildman–Crippen MR) is 108 cm³/mol. The molecule has 1 saturated heterocycles. The van der Waals surface area contributed by atoms with Gasteiger partial charge < -0.3 is 20.4 Å². The van der Waals surface area contributed by atoms with E-state index in [-0.39, 0.29) is 5.91 Å². The first-order valence-electron chi connectivity index (χ1n) is 9.49. The number of rotatable bonds is 6. The predicted octanol–water partition coefficient (Wildman–Crippen LogP) is 2.11. The van der Waals surface area contributed by atoms with Crippen molar-refractivity contribution in [3.05, 3.63) is 52.9 Å². The van der Waals surface area contributed by atoms with E-state index in [9.17, 15) is 14.4 Å². The molecular weight excluding hydrogens is 372 g/mol. The van der Waals surface area contributed by atoms with Gasteiger partial charge in [0.15, 0.2) is 0 Å². The summed E-state index contributed by atoms with van der Waals surface area (Å²) in [5.74, 6) is 0.935. The fourth-order valence-corrected chi connectivity index (χ4v) is 3.53. The maximum atomic E-state index is 12.4. The lowest BCUT2D eigenvalue weighted by atomic mass is 10.2. The summed E-state index contributed by atoms with van der Waals surface area (Å²) in [6, 6.07) is 10.8. The molecule has 3 aromatic rings. The van der Waals surface area contributed by atoms with Gasteiger partial charge in [0, 0.05) is 42.7 Å². The third kappa shape index (κ3) is 3.87. The number of pyridine rings is 1. The molecule has 0 spiro atoms. The molecule has 0 aliphatic carbocycles. The molecule has 4 rings (SSSR count). The molecule has 8 nitrogen and oxygen atoms in total. The van der Waals surface area contributed by atoms with E-state index < -0.39 is 11.6 Å². The molecule has 0 unspecified atom stereocenters. The minimum absolute atomic E-state index is 0.222. The van der Waals surface area contributed by atoms with Crippen LogP contribution in [-0.4, -0.2) is 46.1 Å².